The molecule has 0 fully saturated rings. The fourth-order valence-electron chi connectivity index (χ4n) is 1.43. The first-order valence-corrected chi connectivity index (χ1v) is 7.85. The van der Waals surface area contributed by atoms with Crippen LogP contribution < -0.4 is 10.6 Å². The van der Waals surface area contributed by atoms with Gasteiger partial charge in [0.2, 0.25) is 0 Å². The number of guanidine groups is 1. The van der Waals surface area contributed by atoms with Crippen molar-refractivity contribution in [2.24, 2.45) is 4.99 Å². The molecule has 0 saturated heterocycles. The van der Waals surface area contributed by atoms with Gasteiger partial charge in [-0.2, -0.15) is 13.2 Å². The molecule has 21 heavy (non-hydrogen) atoms. The van der Waals surface area contributed by atoms with Crippen LogP contribution in [0.1, 0.15) is 18.2 Å². The van der Waals surface area contributed by atoms with Crippen molar-refractivity contribution in [3.8, 4) is 0 Å². The van der Waals surface area contributed by atoms with Gasteiger partial charge in [-0.3, -0.25) is 4.99 Å². The van der Waals surface area contributed by atoms with Gasteiger partial charge in [-0.15, -0.1) is 35.3 Å². The molecule has 3 nitrogen and oxygen atoms in total. The molecule has 0 bridgehead atoms. The summed E-state index contributed by atoms with van der Waals surface area (Å²) in [7, 11) is 0. The second-order valence-corrected chi connectivity index (χ2v) is 6.56. The van der Waals surface area contributed by atoms with Crippen LogP contribution in [-0.2, 0) is 6.42 Å². The SMILES string of the molecule is CCNC(=NCCC(F)(F)F)NCCc1ccc(Br)s1.I. The van der Waals surface area contributed by atoms with E-state index in [0.717, 1.165) is 10.2 Å². The Hall–Kier alpha value is -0.0300. The summed E-state index contributed by atoms with van der Waals surface area (Å²) >= 11 is 5.03. The monoisotopic (exact) mass is 499 g/mol. The Morgan fingerprint density at radius 2 is 2.05 bits per heavy atom. The zero-order valence-electron chi connectivity index (χ0n) is 11.5. The molecule has 0 spiro atoms. The number of nitrogens with zero attached hydrogens (tertiary/aromatic N) is 1. The van der Waals surface area contributed by atoms with Gasteiger partial charge in [0.1, 0.15) is 0 Å². The standard InChI is InChI=1S/C12H17BrF3N3S.HI/c1-2-17-11(19-8-6-12(14,15)16)18-7-5-9-3-4-10(13)20-9;/h3-4H,2,5-8H2,1H3,(H2,17,18,19);1H. The van der Waals surface area contributed by atoms with Crippen LogP contribution in [0.5, 0.6) is 0 Å². The van der Waals surface area contributed by atoms with E-state index in [2.05, 4.69) is 31.6 Å². The van der Waals surface area contributed by atoms with Crippen LogP contribution in [0.25, 0.3) is 0 Å². The summed E-state index contributed by atoms with van der Waals surface area (Å²) in [4.78, 5) is 5.11. The molecule has 122 valence electrons. The Kier molecular flexibility index (Phi) is 10.6. The number of thiophene rings is 1. The average Bonchev–Trinajstić information content (AvgIpc) is 2.73. The third-order valence-corrected chi connectivity index (χ3v) is 3.99. The highest BCUT2D eigenvalue weighted by molar-refractivity contribution is 14.0. The van der Waals surface area contributed by atoms with Crippen molar-refractivity contribution in [1.82, 2.24) is 10.6 Å². The van der Waals surface area contributed by atoms with E-state index in [4.69, 9.17) is 0 Å². The fourth-order valence-corrected chi connectivity index (χ4v) is 2.91. The van der Waals surface area contributed by atoms with Gasteiger partial charge in [-0.25, -0.2) is 0 Å². The van der Waals surface area contributed by atoms with E-state index in [1.807, 2.05) is 19.1 Å². The van der Waals surface area contributed by atoms with Crippen LogP contribution in [0.2, 0.25) is 0 Å². The Morgan fingerprint density at radius 1 is 1.33 bits per heavy atom. The van der Waals surface area contributed by atoms with E-state index in [0.29, 0.717) is 19.0 Å². The molecule has 9 heteroatoms. The lowest BCUT2D eigenvalue weighted by Crippen LogP contribution is -2.38. The van der Waals surface area contributed by atoms with Crippen LogP contribution in [0.3, 0.4) is 0 Å². The number of hydrogen-bond acceptors (Lipinski definition) is 2. The first-order valence-electron chi connectivity index (χ1n) is 6.24. The molecule has 0 aliphatic carbocycles. The molecule has 0 aromatic carbocycles. The maximum Gasteiger partial charge on any atom is 0.390 e. The largest absolute Gasteiger partial charge is 0.390 e. The van der Waals surface area contributed by atoms with Gasteiger partial charge in [-0.1, -0.05) is 0 Å². The van der Waals surface area contributed by atoms with Crippen LogP contribution in [0.15, 0.2) is 20.9 Å². The van der Waals surface area contributed by atoms with E-state index in [1.54, 1.807) is 11.3 Å². The number of rotatable bonds is 6. The number of halogens is 5. The summed E-state index contributed by atoms with van der Waals surface area (Å²) in [6, 6.07) is 3.99. The maximum absolute atomic E-state index is 12.1. The summed E-state index contributed by atoms with van der Waals surface area (Å²) in [5.41, 5.74) is 0. The van der Waals surface area contributed by atoms with Crippen molar-refractivity contribution in [2.75, 3.05) is 19.6 Å². The minimum absolute atomic E-state index is 0. The Morgan fingerprint density at radius 3 is 2.57 bits per heavy atom. The lowest BCUT2D eigenvalue weighted by Gasteiger charge is -2.11. The maximum atomic E-state index is 12.1. The van der Waals surface area contributed by atoms with Crippen LogP contribution >= 0.6 is 51.2 Å². The van der Waals surface area contributed by atoms with Crippen molar-refractivity contribution in [3.05, 3.63) is 20.8 Å². The molecule has 0 aliphatic rings. The minimum Gasteiger partial charge on any atom is -0.357 e. The molecule has 1 aromatic rings. The highest BCUT2D eigenvalue weighted by Crippen LogP contribution is 2.22. The van der Waals surface area contributed by atoms with Gasteiger partial charge < -0.3 is 10.6 Å². The van der Waals surface area contributed by atoms with E-state index in [1.165, 1.54) is 4.88 Å². The first kappa shape index (κ1) is 21.0. The summed E-state index contributed by atoms with van der Waals surface area (Å²) in [5.74, 6) is 0.423. The summed E-state index contributed by atoms with van der Waals surface area (Å²) < 4.78 is 37.2. The molecule has 0 atom stereocenters. The lowest BCUT2D eigenvalue weighted by molar-refractivity contribution is -0.132. The molecule has 2 N–H and O–H groups in total. The highest BCUT2D eigenvalue weighted by Gasteiger charge is 2.26. The molecule has 0 radical (unpaired) electrons. The van der Waals surface area contributed by atoms with Crippen molar-refractivity contribution in [2.45, 2.75) is 25.9 Å². The summed E-state index contributed by atoms with van der Waals surface area (Å²) in [6.45, 7) is 2.86. The van der Waals surface area contributed by atoms with E-state index >= 15 is 0 Å². The third kappa shape index (κ3) is 10.3. The van der Waals surface area contributed by atoms with E-state index in [-0.39, 0.29) is 30.5 Å². The molecule has 1 rings (SSSR count). The molecule has 1 heterocycles. The van der Waals surface area contributed by atoms with Gasteiger partial charge >= 0.3 is 6.18 Å². The molecular formula is C12H18BrF3IN3S. The topological polar surface area (TPSA) is 36.4 Å². The molecule has 1 aromatic heterocycles. The first-order chi connectivity index (χ1) is 9.40. The van der Waals surface area contributed by atoms with Crippen LogP contribution in [0.4, 0.5) is 13.2 Å². The average molecular weight is 500 g/mol. The minimum atomic E-state index is -4.16. The Balaban J connectivity index is 0.00000400. The van der Waals surface area contributed by atoms with Gasteiger partial charge in [-0.05, 0) is 41.4 Å². The normalized spacial score (nSPS) is 12.0. The second-order valence-electron chi connectivity index (χ2n) is 4.01. The molecule has 0 aliphatic heterocycles. The smallest absolute Gasteiger partial charge is 0.357 e. The number of alkyl halides is 3. The Labute approximate surface area is 151 Å². The van der Waals surface area contributed by atoms with Gasteiger partial charge in [0.25, 0.3) is 0 Å². The predicted octanol–water partition coefficient (Wildman–Crippen LogP) is 4.18. The van der Waals surface area contributed by atoms with Gasteiger partial charge in [0.15, 0.2) is 5.96 Å². The van der Waals surface area contributed by atoms with Crippen molar-refractivity contribution >= 4 is 57.2 Å². The summed E-state index contributed by atoms with van der Waals surface area (Å²) in [6.07, 6.45) is -4.26. The fraction of sp³-hybridized carbons (Fsp3) is 0.583. The zero-order valence-corrected chi connectivity index (χ0v) is 16.2. The van der Waals surface area contributed by atoms with Gasteiger partial charge in [0, 0.05) is 18.0 Å². The number of nitrogens with one attached hydrogen (secondary N) is 2. The highest BCUT2D eigenvalue weighted by atomic mass is 127. The predicted molar refractivity (Wildman–Crippen MR) is 95.8 cm³/mol. The van der Waals surface area contributed by atoms with Crippen LogP contribution in [-0.4, -0.2) is 31.8 Å². The van der Waals surface area contributed by atoms with E-state index < -0.39 is 12.6 Å². The van der Waals surface area contributed by atoms with Crippen LogP contribution in [0, 0.1) is 0 Å². The van der Waals surface area contributed by atoms with Gasteiger partial charge in [0.05, 0.1) is 16.8 Å². The molecule has 0 unspecified atom stereocenters. The molecule has 0 amide bonds. The van der Waals surface area contributed by atoms with Crippen molar-refractivity contribution in [3.63, 3.8) is 0 Å². The molecule has 0 saturated carbocycles. The quantitative estimate of drug-likeness (QED) is 0.350. The Bertz CT molecular complexity index is 438. The molecular weight excluding hydrogens is 482 g/mol. The van der Waals surface area contributed by atoms with E-state index in [9.17, 15) is 13.2 Å². The summed E-state index contributed by atoms with van der Waals surface area (Å²) in [5, 5.41) is 5.95. The number of hydrogen-bond donors (Lipinski definition) is 2. The lowest BCUT2D eigenvalue weighted by atomic mass is 10.3. The zero-order chi connectivity index (χ0) is 15.0. The number of aliphatic imine (C=N–C) groups is 1. The third-order valence-electron chi connectivity index (χ3n) is 2.30. The van der Waals surface area contributed by atoms with Crippen molar-refractivity contribution in [1.29, 1.82) is 0 Å². The second kappa shape index (κ2) is 10.7. The van der Waals surface area contributed by atoms with Crippen molar-refractivity contribution < 1.29 is 13.2 Å².